The molecule has 5 heteroatoms. The molecule has 0 bridgehead atoms. The summed E-state index contributed by atoms with van der Waals surface area (Å²) in [5.41, 5.74) is 5.25. The largest absolute Gasteiger partial charge is 0.368 e. The molecule has 0 aromatic heterocycles. The zero-order valence-corrected chi connectivity index (χ0v) is 9.75. The third-order valence-corrected chi connectivity index (χ3v) is 2.23. The Morgan fingerprint density at radius 3 is 2.33 bits per heavy atom. The van der Waals surface area contributed by atoms with Gasteiger partial charge in [-0.25, -0.2) is 0 Å². The second kappa shape index (κ2) is 7.23. The lowest BCUT2D eigenvalue weighted by Crippen LogP contribution is -2.40. The van der Waals surface area contributed by atoms with Crippen LogP contribution in [0.15, 0.2) is 0 Å². The van der Waals surface area contributed by atoms with Crippen molar-refractivity contribution in [2.45, 2.75) is 32.2 Å². The van der Waals surface area contributed by atoms with Gasteiger partial charge < -0.3 is 11.1 Å². The van der Waals surface area contributed by atoms with Crippen molar-refractivity contribution in [2.75, 3.05) is 20.6 Å². The molecule has 0 rings (SSSR count). The van der Waals surface area contributed by atoms with Crippen LogP contribution in [0.3, 0.4) is 0 Å². The summed E-state index contributed by atoms with van der Waals surface area (Å²) in [4.78, 5) is 23.4. The average Bonchev–Trinajstić information content (AvgIpc) is 2.08. The zero-order chi connectivity index (χ0) is 11.8. The molecule has 0 fully saturated rings. The van der Waals surface area contributed by atoms with Gasteiger partial charge in [0.1, 0.15) is 0 Å². The van der Waals surface area contributed by atoms with E-state index in [1.807, 2.05) is 19.0 Å². The fourth-order valence-electron chi connectivity index (χ4n) is 1.38. The predicted molar refractivity (Wildman–Crippen MR) is 59.2 cm³/mol. The number of nitrogens with zero attached hydrogens (tertiary/aromatic N) is 1. The highest BCUT2D eigenvalue weighted by atomic mass is 16.2. The van der Waals surface area contributed by atoms with E-state index in [0.29, 0.717) is 6.54 Å². The van der Waals surface area contributed by atoms with Crippen LogP contribution >= 0.6 is 0 Å². The lowest BCUT2D eigenvalue weighted by atomic mass is 10.1. The number of nitrogens with one attached hydrogen (secondary N) is 1. The Hall–Kier alpha value is -1.10. The van der Waals surface area contributed by atoms with Gasteiger partial charge in [-0.2, -0.15) is 0 Å². The van der Waals surface area contributed by atoms with Crippen LogP contribution < -0.4 is 11.1 Å². The van der Waals surface area contributed by atoms with Crippen molar-refractivity contribution in [1.82, 2.24) is 10.2 Å². The molecule has 0 heterocycles. The molecular weight excluding hydrogens is 197 g/mol. The normalized spacial score (nSPS) is 12.5. The number of hydrogen-bond donors (Lipinski definition) is 2. The second-order valence-electron chi connectivity index (χ2n) is 3.86. The van der Waals surface area contributed by atoms with Crippen LogP contribution in [0.4, 0.5) is 0 Å². The number of amides is 2. The molecule has 0 aromatic rings. The van der Waals surface area contributed by atoms with E-state index in [9.17, 15) is 9.59 Å². The summed E-state index contributed by atoms with van der Waals surface area (Å²) >= 11 is 0. The van der Waals surface area contributed by atoms with E-state index in [-0.39, 0.29) is 17.9 Å². The van der Waals surface area contributed by atoms with Crippen molar-refractivity contribution in [1.29, 1.82) is 0 Å². The maximum Gasteiger partial charge on any atom is 0.234 e. The topological polar surface area (TPSA) is 75.4 Å². The van der Waals surface area contributed by atoms with Crippen LogP contribution in [0.1, 0.15) is 26.2 Å². The maximum absolute atomic E-state index is 11.0. The average molecular weight is 218 g/mol. The molecule has 0 spiro atoms. The highest BCUT2D eigenvalue weighted by molar-refractivity contribution is 5.79. The van der Waals surface area contributed by atoms with Gasteiger partial charge in [0, 0.05) is 13.5 Å². The summed E-state index contributed by atoms with van der Waals surface area (Å²) in [5, 5.41) is 2.71. The summed E-state index contributed by atoms with van der Waals surface area (Å²) in [5.74, 6) is -0.311. The van der Waals surface area contributed by atoms with Crippen molar-refractivity contribution in [3.05, 3.63) is 0 Å². The molecule has 0 radical (unpaired) electrons. The van der Waals surface area contributed by atoms with E-state index in [1.165, 1.54) is 6.92 Å². The molecule has 3 N–H and O–H groups in total. The van der Waals surface area contributed by atoms with Crippen LogP contribution in [0.5, 0.6) is 0 Å². The fourth-order valence-corrected chi connectivity index (χ4v) is 1.38. The van der Waals surface area contributed by atoms with Gasteiger partial charge >= 0.3 is 0 Å². The first-order valence-corrected chi connectivity index (χ1v) is 5.15. The predicted octanol–water partition coefficient (Wildman–Crippen LogP) is -0.292. The molecule has 0 aliphatic carbocycles. The van der Waals surface area contributed by atoms with E-state index < -0.39 is 0 Å². The monoisotopic (exact) mass is 218 g/mol. The first-order chi connectivity index (χ1) is 6.95. The van der Waals surface area contributed by atoms with Crippen molar-refractivity contribution < 1.29 is 9.59 Å². The number of unbranched alkanes of at least 4 members (excludes halogenated alkanes) is 1. The quantitative estimate of drug-likeness (QED) is 0.350. The van der Waals surface area contributed by atoms with Crippen LogP contribution in [0.2, 0.25) is 0 Å². The highest BCUT2D eigenvalue weighted by Crippen LogP contribution is 2.04. The van der Waals surface area contributed by atoms with E-state index >= 15 is 0 Å². The minimum Gasteiger partial charge on any atom is -0.368 e. The summed E-state index contributed by atoms with van der Waals surface area (Å²) in [6.07, 6.45) is 2.49. The number of hydrogen-bond acceptors (Lipinski definition) is 3. The Labute approximate surface area is 91.0 Å². The van der Waals surface area contributed by atoms with Crippen molar-refractivity contribution in [3.8, 4) is 0 Å². The zero-order valence-electron chi connectivity index (χ0n) is 9.75. The van der Waals surface area contributed by atoms with Gasteiger partial charge in [0.2, 0.25) is 11.8 Å². The van der Waals surface area contributed by atoms with E-state index in [2.05, 4.69) is 5.32 Å². The smallest absolute Gasteiger partial charge is 0.234 e. The molecule has 1 atom stereocenters. The van der Waals surface area contributed by atoms with Gasteiger partial charge in [-0.15, -0.1) is 0 Å². The third-order valence-electron chi connectivity index (χ3n) is 2.23. The fraction of sp³-hybridized carbons (Fsp3) is 0.800. The number of nitrogens with two attached hydrogens (primary N) is 1. The Balaban J connectivity index is 3.63. The number of carbonyl (C=O) groups is 2. The minimum atomic E-state index is -0.292. The summed E-state index contributed by atoms with van der Waals surface area (Å²) in [6.45, 7) is 2.15. The Morgan fingerprint density at radius 1 is 1.33 bits per heavy atom. The third kappa shape index (κ3) is 6.90. The van der Waals surface area contributed by atoms with Crippen LogP contribution in [-0.2, 0) is 9.59 Å². The lowest BCUT2D eigenvalue weighted by molar-refractivity contribution is -0.122. The molecule has 0 aromatic carbocycles. The maximum atomic E-state index is 11.0. The molecule has 0 saturated heterocycles. The van der Waals surface area contributed by atoms with Gasteiger partial charge in [0.05, 0.1) is 6.04 Å². The van der Waals surface area contributed by atoms with Crippen LogP contribution in [0.25, 0.3) is 0 Å². The van der Waals surface area contributed by atoms with Crippen molar-refractivity contribution in [3.63, 3.8) is 0 Å². The molecular formula is C10H21N3O2. The SMILES string of the molecule is CN(C)C(CCCCN[13C]([13CH3])=O)C([15NH2])=O. The Kier molecular flexibility index (Phi) is 6.70. The molecule has 0 aliphatic heterocycles. The van der Waals surface area contributed by atoms with Crippen molar-refractivity contribution >= 4 is 11.8 Å². The molecule has 0 saturated carbocycles. The van der Waals surface area contributed by atoms with Gasteiger partial charge in [-0.05, 0) is 33.4 Å². The molecule has 0 aliphatic rings. The summed E-state index contributed by atoms with van der Waals surface area (Å²) in [7, 11) is 3.67. The van der Waals surface area contributed by atoms with Crippen molar-refractivity contribution in [2.24, 2.45) is 5.73 Å². The minimum absolute atomic E-state index is 0.0194. The Bertz CT molecular complexity index is 217. The number of carbonyl (C=O) groups excluding carboxylic acids is 2. The van der Waals surface area contributed by atoms with Crippen LogP contribution in [-0.4, -0.2) is 43.4 Å². The second-order valence-corrected chi connectivity index (χ2v) is 3.86. The molecule has 15 heavy (non-hydrogen) atoms. The van der Waals surface area contributed by atoms with Gasteiger partial charge in [-0.1, -0.05) is 0 Å². The number of rotatable bonds is 7. The standard InChI is InChI=1S/C10H21N3O2/c1-8(14)12-7-5-4-6-9(10(11)15)13(2)3/h9H,4-7H2,1-3H3,(H2,11,15)(H,12,14)/i1+1,8+1,11+1. The highest BCUT2D eigenvalue weighted by Gasteiger charge is 2.16. The molecule has 5 nitrogen and oxygen atoms in total. The first kappa shape index (κ1) is 13.9. The first-order valence-electron chi connectivity index (χ1n) is 5.15. The summed E-state index contributed by atoms with van der Waals surface area (Å²) in [6, 6.07) is -0.206. The molecule has 88 valence electrons. The molecule has 1 unspecified atom stereocenters. The van der Waals surface area contributed by atoms with Gasteiger partial charge in [0.15, 0.2) is 0 Å². The van der Waals surface area contributed by atoms with E-state index in [4.69, 9.17) is 5.73 Å². The molecule has 2 amide bonds. The lowest BCUT2D eigenvalue weighted by Gasteiger charge is -2.20. The summed E-state index contributed by atoms with van der Waals surface area (Å²) < 4.78 is 0. The van der Waals surface area contributed by atoms with E-state index in [0.717, 1.165) is 19.3 Å². The number of primary amides is 1. The van der Waals surface area contributed by atoms with Gasteiger partial charge in [0.25, 0.3) is 0 Å². The van der Waals surface area contributed by atoms with Crippen LogP contribution in [0, 0.1) is 0 Å². The Morgan fingerprint density at radius 2 is 1.93 bits per heavy atom. The van der Waals surface area contributed by atoms with Gasteiger partial charge in [-0.3, -0.25) is 14.5 Å². The van der Waals surface area contributed by atoms with E-state index in [1.54, 1.807) is 0 Å². The number of likely N-dealkylation sites (N-methyl/N-ethyl adjacent to an activating group) is 1.